The van der Waals surface area contributed by atoms with Crippen molar-refractivity contribution in [3.8, 4) is 69.0 Å². The number of alkyl halides is 1. The van der Waals surface area contributed by atoms with Crippen LogP contribution in [-0.4, -0.2) is 79.2 Å². The molecule has 3 aliphatic heterocycles. The van der Waals surface area contributed by atoms with Crippen LogP contribution in [0.15, 0.2) is 97.1 Å². The van der Waals surface area contributed by atoms with Crippen molar-refractivity contribution in [3.63, 3.8) is 0 Å². The maximum atomic E-state index is 9.79. The first-order valence-electron chi connectivity index (χ1n) is 41.5. The number of aliphatic hydroxyl groups is 1. The third-order valence-corrected chi connectivity index (χ3v) is 24.3. The number of epoxide rings is 3. The fraction of sp³-hybridized carbons (Fsp3) is 0.515. The molecule has 0 aromatic heterocycles. The van der Waals surface area contributed by atoms with Crippen LogP contribution in [0.5, 0.6) is 69.0 Å². The molecule has 606 valence electrons. The molecule has 3 saturated heterocycles. The number of hydrogen-bond donors (Lipinski definition) is 3. The van der Waals surface area contributed by atoms with Crippen LogP contribution in [0.2, 0.25) is 0 Å². The number of fused-ring (bicyclic) bond motifs is 10. The number of rotatable bonds is 15. The number of aromatic hydroxyl groups is 2. The highest BCUT2D eigenvalue weighted by molar-refractivity contribution is 6.18. The number of halogens is 1. The average molecular weight is 1550 g/mol. The van der Waals surface area contributed by atoms with Crippen LogP contribution in [-0.2, 0) is 14.2 Å². The zero-order chi connectivity index (χ0) is 80.9. The van der Waals surface area contributed by atoms with Gasteiger partial charge in [0.1, 0.15) is 94.4 Å². The molecule has 11 unspecified atom stereocenters. The second-order valence-corrected chi connectivity index (χ2v) is 34.4. The van der Waals surface area contributed by atoms with E-state index in [9.17, 15) is 10.2 Å². The smallest absolute Gasteiger partial charge is 0.133 e. The van der Waals surface area contributed by atoms with E-state index in [0.29, 0.717) is 36.7 Å². The third-order valence-electron chi connectivity index (χ3n) is 24.0. The predicted molar refractivity (Wildman–Crippen MR) is 457 cm³/mol. The maximum Gasteiger partial charge on any atom is 0.133 e. The molecule has 8 aromatic rings. The summed E-state index contributed by atoms with van der Waals surface area (Å²) in [4.78, 5) is 0. The molecule has 6 saturated carbocycles. The Kier molecular flexibility index (Phi) is 30.6. The van der Waals surface area contributed by atoms with Crippen LogP contribution in [0.4, 0.5) is 0 Å². The first-order valence-corrected chi connectivity index (χ1v) is 42.1. The molecule has 3 N–H and O–H groups in total. The van der Waals surface area contributed by atoms with Crippen LogP contribution < -0.4 is 28.4 Å². The van der Waals surface area contributed by atoms with Gasteiger partial charge in [-0.05, 0) is 394 Å². The molecule has 9 fully saturated rings. The van der Waals surface area contributed by atoms with Crippen molar-refractivity contribution >= 4 is 11.6 Å². The minimum Gasteiger partial charge on any atom is -0.507 e. The van der Waals surface area contributed by atoms with Crippen LogP contribution in [0.3, 0.4) is 0 Å². The van der Waals surface area contributed by atoms with E-state index in [1.54, 1.807) is 84.0 Å². The Bertz CT molecular complexity index is 4010. The molecule has 6 aliphatic carbocycles. The van der Waals surface area contributed by atoms with Crippen LogP contribution >= 0.6 is 11.6 Å². The van der Waals surface area contributed by atoms with E-state index in [-0.39, 0.29) is 18.8 Å². The lowest BCUT2D eigenvalue weighted by molar-refractivity contribution is 0.259. The summed E-state index contributed by atoms with van der Waals surface area (Å²) < 4.78 is 51.2. The molecule has 3 heterocycles. The Hall–Kier alpha value is -7.71. The highest BCUT2D eigenvalue weighted by atomic mass is 35.5. The number of hydrogen-bond acceptors (Lipinski definition) is 12. The monoisotopic (exact) mass is 1550 g/mol. The van der Waals surface area contributed by atoms with E-state index in [2.05, 4.69) is 159 Å². The van der Waals surface area contributed by atoms with Crippen molar-refractivity contribution in [2.45, 2.75) is 241 Å². The van der Waals surface area contributed by atoms with E-state index in [0.717, 1.165) is 166 Å². The summed E-state index contributed by atoms with van der Waals surface area (Å²) in [5.41, 5.74) is 21.8. The minimum absolute atomic E-state index is 0.250. The van der Waals surface area contributed by atoms with Crippen LogP contribution in [0.1, 0.15) is 195 Å². The fourth-order valence-electron chi connectivity index (χ4n) is 19.0. The molecule has 8 aromatic carbocycles. The fourth-order valence-corrected chi connectivity index (χ4v) is 19.2. The zero-order valence-corrected chi connectivity index (χ0v) is 72.2. The highest BCUT2D eigenvalue weighted by Gasteiger charge is 2.50. The molecule has 11 atom stereocenters. The zero-order valence-electron chi connectivity index (χ0n) is 71.4. The highest BCUT2D eigenvalue weighted by Crippen LogP contribution is 2.60. The van der Waals surface area contributed by atoms with E-state index < -0.39 is 0 Å². The molecule has 0 spiro atoms. The third kappa shape index (κ3) is 23.5. The molecule has 0 amide bonds. The van der Waals surface area contributed by atoms with Crippen molar-refractivity contribution < 1.29 is 58.0 Å². The molecule has 112 heavy (non-hydrogen) atoms. The summed E-state index contributed by atoms with van der Waals surface area (Å²) in [6.45, 7) is 46.3. The second kappa shape index (κ2) is 39.6. The molecule has 12 nitrogen and oxygen atoms in total. The number of ether oxygens (including phenoxy) is 9. The molecule has 13 heteroatoms. The second-order valence-electron chi connectivity index (χ2n) is 34.0. The maximum absolute atomic E-state index is 9.79. The average Bonchev–Trinajstić information content (AvgIpc) is 1.62. The van der Waals surface area contributed by atoms with Crippen molar-refractivity contribution in [2.24, 2.45) is 47.3 Å². The van der Waals surface area contributed by atoms with E-state index in [1.165, 1.54) is 69.6 Å². The van der Waals surface area contributed by atoms with Crippen molar-refractivity contribution in [3.05, 3.63) is 208 Å². The van der Waals surface area contributed by atoms with Gasteiger partial charge in [0, 0.05) is 6.61 Å². The van der Waals surface area contributed by atoms with Gasteiger partial charge in [0.25, 0.3) is 0 Å². The van der Waals surface area contributed by atoms with Crippen molar-refractivity contribution in [1.82, 2.24) is 0 Å². The Morgan fingerprint density at radius 3 is 0.688 bits per heavy atom. The predicted octanol–water partition coefficient (Wildman–Crippen LogP) is 25.3. The van der Waals surface area contributed by atoms with Gasteiger partial charge in [0.2, 0.25) is 0 Å². The van der Waals surface area contributed by atoms with E-state index >= 15 is 0 Å². The number of benzene rings is 8. The minimum atomic E-state index is 0.250. The van der Waals surface area contributed by atoms with E-state index in [4.69, 9.17) is 59.3 Å². The Morgan fingerprint density at radius 2 is 0.500 bits per heavy atom. The number of aryl methyl sites for hydroxylation is 20. The molecular formula is C99H131ClO12. The quantitative estimate of drug-likeness (QED) is 0.0661. The summed E-state index contributed by atoms with van der Waals surface area (Å²) in [7, 11) is 0. The van der Waals surface area contributed by atoms with Gasteiger partial charge in [0.05, 0.1) is 31.8 Å². The normalized spacial score (nSPS) is 22.3. The van der Waals surface area contributed by atoms with Gasteiger partial charge >= 0.3 is 0 Å². The lowest BCUT2D eigenvalue weighted by atomic mass is 9.82. The van der Waals surface area contributed by atoms with Gasteiger partial charge in [-0.3, -0.25) is 0 Å². The summed E-state index contributed by atoms with van der Waals surface area (Å²) in [5, 5.41) is 27.1. The molecule has 0 radical (unpaired) electrons. The standard InChI is InChI=1S/2C20H24O3.2C17H20O2.2C10H16.C3H5ClO.C2H6O/c2*1-12-6-13(2)20(14(3)7-12)23-17-8-15(4)19(16(5)9-17)22-11-18-10-21-18;2*1-10-6-13(4)17(14(5)7-10)19-15-8-11(2)16(18)12(3)9-15;2*1-2-9-7-4-5-8(6-7)10(9)3-1;4-1-3-2-5-3;1-2-3/h2*6-9,18H,10-11H2,1-5H3;2*6-9,18H,1-5H3;2*7-10H,1-6H2;3H,1-2H2;3H,2H2,1H3. The topological polar surface area (TPSA) is 154 Å². The van der Waals surface area contributed by atoms with Crippen LogP contribution in [0.25, 0.3) is 0 Å². The lowest BCUT2D eigenvalue weighted by Crippen LogP contribution is -2.15. The molecule has 4 bridgehead atoms. The number of aliphatic hydroxyl groups excluding tert-OH is 1. The largest absolute Gasteiger partial charge is 0.507 e. The number of phenolic OH excluding ortho intramolecular Hbond substituents is 2. The van der Waals surface area contributed by atoms with Gasteiger partial charge in [-0.1, -0.05) is 83.6 Å². The van der Waals surface area contributed by atoms with Gasteiger partial charge in [0.15, 0.2) is 0 Å². The lowest BCUT2D eigenvalue weighted by Gasteiger charge is -2.23. The van der Waals surface area contributed by atoms with Gasteiger partial charge < -0.3 is 58.0 Å². The Morgan fingerprint density at radius 1 is 0.304 bits per heavy atom. The first-order chi connectivity index (χ1) is 53.4. The van der Waals surface area contributed by atoms with Gasteiger partial charge in [-0.2, -0.15) is 0 Å². The summed E-state index contributed by atoms with van der Waals surface area (Å²) >= 11 is 5.27. The molecular weight excluding hydrogens is 1420 g/mol. The van der Waals surface area contributed by atoms with Crippen LogP contribution in [0, 0.1) is 186 Å². The Labute approximate surface area is 676 Å². The van der Waals surface area contributed by atoms with E-state index in [1.807, 2.05) is 76.2 Å². The SMILES string of the molecule is C1CC2C3CCC(C3)C2C1.C1CC2C3CCC(C3)C2C1.CCO.Cc1cc(C)c(Oc2cc(C)c(O)c(C)c2)c(C)c1.Cc1cc(C)c(Oc2cc(C)c(O)c(C)c2)c(C)c1.Cc1cc(C)c(Oc2cc(C)c(OCC3CO3)c(C)c2)c(C)c1.Cc1cc(C)c(Oc2cc(C)c(OCC3CO3)c(C)c2)c(C)c1.ClCC1CO1. The van der Waals surface area contributed by atoms with Gasteiger partial charge in [-0.15, -0.1) is 11.6 Å². The van der Waals surface area contributed by atoms with Gasteiger partial charge in [-0.25, -0.2) is 0 Å². The summed E-state index contributed by atoms with van der Waals surface area (Å²) in [6.07, 6.45) is 20.0. The Balaban J connectivity index is 0.000000142. The summed E-state index contributed by atoms with van der Waals surface area (Å²) in [6, 6.07) is 32.6. The number of phenols is 2. The van der Waals surface area contributed by atoms with Crippen molar-refractivity contribution in [2.75, 3.05) is 45.5 Å². The summed E-state index contributed by atoms with van der Waals surface area (Å²) in [5.74, 6) is 19.7. The first kappa shape index (κ1) is 86.7. The molecule has 17 rings (SSSR count). The van der Waals surface area contributed by atoms with Crippen molar-refractivity contribution in [1.29, 1.82) is 0 Å². The molecule has 9 aliphatic rings.